The van der Waals surface area contributed by atoms with Gasteiger partial charge < -0.3 is 28.5 Å². The second-order valence-corrected chi connectivity index (χ2v) is 9.63. The molecule has 0 bridgehead atoms. The topological polar surface area (TPSA) is 140 Å². The number of carbonyl (C=O) groups is 3. The summed E-state index contributed by atoms with van der Waals surface area (Å²) >= 11 is 0. The van der Waals surface area contributed by atoms with Gasteiger partial charge in [0.15, 0.2) is 23.1 Å². The Morgan fingerprint density at radius 1 is 1.22 bits per heavy atom. The number of hydrogen-bond donors (Lipinski definition) is 1. The zero-order valence-electron chi connectivity index (χ0n) is 23.3. The summed E-state index contributed by atoms with van der Waals surface area (Å²) in [6.45, 7) is 0.941. The molecule has 0 aliphatic rings. The quantitative estimate of drug-likeness (QED) is 0.254. The first-order valence-corrected chi connectivity index (χ1v) is 12.5. The van der Waals surface area contributed by atoms with Crippen molar-refractivity contribution in [2.24, 2.45) is 0 Å². The number of nitrogens with one attached hydrogen (secondary N) is 1. The lowest BCUT2D eigenvalue weighted by Gasteiger charge is -2.37. The molecule has 216 valence electrons. The normalized spacial score (nSPS) is 12.7. The molecule has 13 heteroatoms. The van der Waals surface area contributed by atoms with Gasteiger partial charge in [0.05, 0.1) is 25.4 Å². The van der Waals surface area contributed by atoms with E-state index < -0.39 is 17.3 Å². The fourth-order valence-corrected chi connectivity index (χ4v) is 4.02. The van der Waals surface area contributed by atoms with Crippen LogP contribution >= 0.6 is 0 Å². The SMILES string of the molecule is COc1cccc(F)c1CNC(=O)C(C)(COc1c(C=O)oc2cc(-c3ncco3)cnc12)N(C)CC(=O)N(C)C. The Labute approximate surface area is 235 Å². The van der Waals surface area contributed by atoms with Crippen LogP contribution in [0.2, 0.25) is 0 Å². The Morgan fingerprint density at radius 2 is 2.00 bits per heavy atom. The van der Waals surface area contributed by atoms with Gasteiger partial charge in [0, 0.05) is 32.4 Å². The van der Waals surface area contributed by atoms with Gasteiger partial charge in [-0.25, -0.2) is 14.4 Å². The fraction of sp³-hybridized carbons (Fsp3) is 0.321. The molecule has 0 saturated heterocycles. The summed E-state index contributed by atoms with van der Waals surface area (Å²) in [5.74, 6) is -0.890. The van der Waals surface area contributed by atoms with Gasteiger partial charge in [-0.05, 0) is 32.2 Å². The van der Waals surface area contributed by atoms with Crippen molar-refractivity contribution in [3.63, 3.8) is 0 Å². The highest BCUT2D eigenvalue weighted by Crippen LogP contribution is 2.34. The van der Waals surface area contributed by atoms with E-state index in [1.165, 1.54) is 47.7 Å². The van der Waals surface area contributed by atoms with Gasteiger partial charge in [-0.3, -0.25) is 19.3 Å². The van der Waals surface area contributed by atoms with E-state index in [0.717, 1.165) is 0 Å². The number of ether oxygens (including phenoxy) is 2. The summed E-state index contributed by atoms with van der Waals surface area (Å²) in [4.78, 5) is 49.4. The van der Waals surface area contributed by atoms with Crippen molar-refractivity contribution >= 4 is 29.2 Å². The lowest BCUT2D eigenvalue weighted by molar-refractivity contribution is -0.138. The van der Waals surface area contributed by atoms with Crippen LogP contribution in [-0.4, -0.2) is 84.8 Å². The van der Waals surface area contributed by atoms with Gasteiger partial charge in [-0.1, -0.05) is 6.07 Å². The third kappa shape index (κ3) is 6.04. The molecule has 2 amide bonds. The number of benzene rings is 1. The van der Waals surface area contributed by atoms with Crippen LogP contribution in [0.25, 0.3) is 22.6 Å². The van der Waals surface area contributed by atoms with Gasteiger partial charge in [0.1, 0.15) is 30.0 Å². The van der Waals surface area contributed by atoms with Gasteiger partial charge in [0.2, 0.25) is 23.5 Å². The molecule has 4 aromatic rings. The van der Waals surface area contributed by atoms with Crippen molar-refractivity contribution in [1.82, 2.24) is 25.1 Å². The number of amides is 2. The Kier molecular flexibility index (Phi) is 8.67. The minimum atomic E-state index is -1.47. The lowest BCUT2D eigenvalue weighted by Crippen LogP contribution is -2.60. The molecule has 4 rings (SSSR count). The number of aldehydes is 1. The molecule has 0 fully saturated rings. The Balaban J connectivity index is 1.63. The first-order chi connectivity index (χ1) is 19.6. The van der Waals surface area contributed by atoms with E-state index in [0.29, 0.717) is 17.7 Å². The van der Waals surface area contributed by atoms with Crippen molar-refractivity contribution in [2.75, 3.05) is 41.4 Å². The standard InChI is InChI=1S/C28H30FN5O7/c1-28(34(4)14-23(36)33(2)3,27(37)32-13-18-19(29)7-6-8-20(18)38-5)16-40-25-22(15-35)41-21-11-17(12-31-24(21)25)26-30-9-10-39-26/h6-12,15H,13-14,16H2,1-5H3,(H,32,37). The van der Waals surface area contributed by atoms with Crippen molar-refractivity contribution in [3.8, 4) is 23.0 Å². The lowest BCUT2D eigenvalue weighted by atomic mass is 9.99. The molecule has 1 N–H and O–H groups in total. The van der Waals surface area contributed by atoms with Gasteiger partial charge in [0.25, 0.3) is 0 Å². The van der Waals surface area contributed by atoms with Crippen LogP contribution in [0, 0.1) is 5.82 Å². The number of halogens is 1. The number of rotatable bonds is 12. The minimum absolute atomic E-state index is 0.0242. The predicted octanol–water partition coefficient (Wildman–Crippen LogP) is 2.92. The maximum Gasteiger partial charge on any atom is 0.244 e. The van der Waals surface area contributed by atoms with E-state index in [4.69, 9.17) is 18.3 Å². The third-order valence-electron chi connectivity index (χ3n) is 6.72. The zero-order valence-corrected chi connectivity index (χ0v) is 23.3. The number of hydrogen-bond acceptors (Lipinski definition) is 10. The average Bonchev–Trinajstić information content (AvgIpc) is 3.62. The Morgan fingerprint density at radius 3 is 2.66 bits per heavy atom. The summed E-state index contributed by atoms with van der Waals surface area (Å²) in [5, 5.41) is 2.73. The first kappa shape index (κ1) is 29.2. The van der Waals surface area contributed by atoms with Crippen LogP contribution in [0.1, 0.15) is 23.0 Å². The number of furan rings is 1. The van der Waals surface area contributed by atoms with E-state index in [2.05, 4.69) is 15.3 Å². The molecule has 12 nitrogen and oxygen atoms in total. The zero-order chi connectivity index (χ0) is 29.7. The van der Waals surface area contributed by atoms with E-state index in [-0.39, 0.29) is 59.5 Å². The highest BCUT2D eigenvalue weighted by atomic mass is 19.1. The highest BCUT2D eigenvalue weighted by molar-refractivity contribution is 5.92. The molecule has 1 atom stereocenters. The summed E-state index contributed by atoms with van der Waals surface area (Å²) in [6, 6.07) is 5.95. The molecule has 0 radical (unpaired) electrons. The van der Waals surface area contributed by atoms with Crippen LogP contribution in [0.5, 0.6) is 11.5 Å². The number of pyridine rings is 1. The molecule has 3 heterocycles. The van der Waals surface area contributed by atoms with Gasteiger partial charge in [-0.2, -0.15) is 0 Å². The van der Waals surface area contributed by atoms with Crippen LogP contribution < -0.4 is 14.8 Å². The predicted molar refractivity (Wildman–Crippen MR) is 145 cm³/mol. The molecule has 41 heavy (non-hydrogen) atoms. The monoisotopic (exact) mass is 567 g/mol. The summed E-state index contributed by atoms with van der Waals surface area (Å²) < 4.78 is 36.7. The van der Waals surface area contributed by atoms with E-state index in [1.54, 1.807) is 40.2 Å². The summed E-state index contributed by atoms with van der Waals surface area (Å²) in [7, 11) is 6.19. The minimum Gasteiger partial charge on any atom is -0.496 e. The maximum absolute atomic E-state index is 14.5. The second-order valence-electron chi connectivity index (χ2n) is 9.63. The highest BCUT2D eigenvalue weighted by Gasteiger charge is 2.40. The van der Waals surface area contributed by atoms with E-state index >= 15 is 0 Å². The average molecular weight is 568 g/mol. The van der Waals surface area contributed by atoms with E-state index in [1.807, 2.05) is 0 Å². The number of carbonyl (C=O) groups excluding carboxylic acids is 3. The van der Waals surface area contributed by atoms with Crippen molar-refractivity contribution < 1.29 is 37.1 Å². The van der Waals surface area contributed by atoms with Gasteiger partial charge in [-0.15, -0.1) is 0 Å². The van der Waals surface area contributed by atoms with Crippen LogP contribution in [0.15, 0.2) is 51.8 Å². The Hall–Kier alpha value is -4.78. The van der Waals surface area contributed by atoms with Gasteiger partial charge >= 0.3 is 0 Å². The smallest absolute Gasteiger partial charge is 0.244 e. The molecule has 0 spiro atoms. The van der Waals surface area contributed by atoms with E-state index in [9.17, 15) is 18.8 Å². The van der Waals surface area contributed by atoms with Crippen LogP contribution in [0.3, 0.4) is 0 Å². The summed E-state index contributed by atoms with van der Waals surface area (Å²) in [6.07, 6.45) is 4.86. The molecular formula is C28H30FN5O7. The Bertz CT molecular complexity index is 1550. The van der Waals surface area contributed by atoms with Crippen molar-refractivity contribution in [3.05, 3.63) is 60.1 Å². The number of oxazole rings is 1. The number of methoxy groups -OCH3 is 1. The number of nitrogens with zero attached hydrogens (tertiary/aromatic N) is 4. The first-order valence-electron chi connectivity index (χ1n) is 12.5. The molecule has 0 aliphatic carbocycles. The van der Waals surface area contributed by atoms with Crippen LogP contribution in [-0.2, 0) is 16.1 Å². The van der Waals surface area contributed by atoms with Crippen LogP contribution in [0.4, 0.5) is 4.39 Å². The third-order valence-corrected chi connectivity index (χ3v) is 6.72. The number of aromatic nitrogens is 2. The maximum atomic E-state index is 14.5. The number of fused-ring (bicyclic) bond motifs is 1. The molecule has 0 aliphatic heterocycles. The fourth-order valence-electron chi connectivity index (χ4n) is 4.02. The molecule has 1 aromatic carbocycles. The molecular weight excluding hydrogens is 537 g/mol. The molecule has 1 unspecified atom stereocenters. The van der Waals surface area contributed by atoms with Crippen molar-refractivity contribution in [1.29, 1.82) is 0 Å². The largest absolute Gasteiger partial charge is 0.496 e. The summed E-state index contributed by atoms with van der Waals surface area (Å²) in [5.41, 5.74) is -0.296. The molecule has 0 saturated carbocycles. The molecule has 3 aromatic heterocycles. The number of likely N-dealkylation sites (N-methyl/N-ethyl adjacent to an activating group) is 2. The van der Waals surface area contributed by atoms with Crippen molar-refractivity contribution in [2.45, 2.75) is 19.0 Å². The second kappa shape index (κ2) is 12.2.